The Morgan fingerprint density at radius 1 is 1.19 bits per heavy atom. The van der Waals surface area contributed by atoms with Gasteiger partial charge >= 0.3 is 0 Å². The first kappa shape index (κ1) is 17.5. The van der Waals surface area contributed by atoms with Gasteiger partial charge in [0.05, 0.1) is 5.69 Å². The third kappa shape index (κ3) is 3.03. The fraction of sp³-hybridized carbons (Fsp3) is 0.350. The van der Waals surface area contributed by atoms with E-state index in [0.717, 1.165) is 48.8 Å². The van der Waals surface area contributed by atoms with Gasteiger partial charge in [0.2, 0.25) is 5.82 Å². The molecule has 0 saturated carbocycles. The molecule has 138 valence electrons. The van der Waals surface area contributed by atoms with Gasteiger partial charge in [0.25, 0.3) is 0 Å². The minimum Gasteiger partial charge on any atom is -0.298 e. The maximum atomic E-state index is 13.5. The number of benzene rings is 1. The Labute approximate surface area is 156 Å². The molecule has 0 aliphatic carbocycles. The van der Waals surface area contributed by atoms with Crippen molar-refractivity contribution in [3.8, 4) is 22.6 Å². The van der Waals surface area contributed by atoms with E-state index in [1.165, 1.54) is 12.1 Å². The lowest BCUT2D eigenvalue weighted by atomic mass is 9.87. The molecule has 0 bridgehead atoms. The summed E-state index contributed by atoms with van der Waals surface area (Å²) in [6.07, 6.45) is 3.49. The third-order valence-electron chi connectivity index (χ3n) is 4.95. The van der Waals surface area contributed by atoms with Crippen LogP contribution in [0.4, 0.5) is 4.39 Å². The molecule has 0 spiro atoms. The maximum absolute atomic E-state index is 13.5. The molecule has 3 heterocycles. The molecule has 1 aliphatic heterocycles. The van der Waals surface area contributed by atoms with Crippen LogP contribution < -0.4 is 0 Å². The molecule has 1 aliphatic rings. The summed E-state index contributed by atoms with van der Waals surface area (Å²) in [5, 5.41) is 12.1. The number of fused-ring (bicyclic) bond motifs is 3. The van der Waals surface area contributed by atoms with E-state index in [1.807, 2.05) is 13.8 Å². The Morgan fingerprint density at radius 2 is 1.96 bits per heavy atom. The second-order valence-electron chi connectivity index (χ2n) is 7.08. The van der Waals surface area contributed by atoms with E-state index in [-0.39, 0.29) is 11.7 Å². The Hall–Kier alpha value is -2.96. The smallest absolute Gasteiger partial charge is 0.200 e. The van der Waals surface area contributed by atoms with Gasteiger partial charge in [0.15, 0.2) is 6.29 Å². The van der Waals surface area contributed by atoms with Crippen LogP contribution >= 0.6 is 0 Å². The van der Waals surface area contributed by atoms with Crippen molar-refractivity contribution in [1.29, 1.82) is 0 Å². The maximum Gasteiger partial charge on any atom is 0.200 e. The molecule has 1 aromatic carbocycles. The largest absolute Gasteiger partial charge is 0.298 e. The number of carbonyl (C=O) groups excluding carboxylic acids is 1. The predicted octanol–water partition coefficient (Wildman–Crippen LogP) is 3.81. The van der Waals surface area contributed by atoms with E-state index < -0.39 is 0 Å². The summed E-state index contributed by atoms with van der Waals surface area (Å²) in [5.74, 6) is 0.355. The number of aromatic nitrogens is 5. The average Bonchev–Trinajstić information content (AvgIpc) is 3.10. The molecule has 0 N–H and O–H groups in total. The zero-order chi connectivity index (χ0) is 19.0. The highest BCUT2D eigenvalue weighted by Crippen LogP contribution is 2.38. The van der Waals surface area contributed by atoms with Gasteiger partial charge in [-0.15, -0.1) is 5.10 Å². The second-order valence-corrected chi connectivity index (χ2v) is 7.08. The van der Waals surface area contributed by atoms with Gasteiger partial charge < -0.3 is 0 Å². The Balaban J connectivity index is 2.09. The zero-order valence-electron chi connectivity index (χ0n) is 15.3. The highest BCUT2D eigenvalue weighted by atomic mass is 19.1. The Kier molecular flexibility index (Phi) is 4.51. The molecule has 4 rings (SSSR count). The molecular formula is C20H20FN5O. The number of pyridine rings is 1. The standard InChI is InChI=1S/C20H20FN5O/c1-12(2)18-16(11-27)17(13-6-8-14(21)9-7-13)15-5-3-4-10-26-20(19(15)22-18)23-24-25-26/h6-9,11-12H,3-5,10H2,1-2H3. The van der Waals surface area contributed by atoms with E-state index in [2.05, 4.69) is 15.5 Å². The number of carbonyl (C=O) groups is 1. The summed E-state index contributed by atoms with van der Waals surface area (Å²) in [6.45, 7) is 4.74. The number of hydrogen-bond donors (Lipinski definition) is 0. The fourth-order valence-electron chi connectivity index (χ4n) is 3.68. The number of aldehydes is 1. The van der Waals surface area contributed by atoms with E-state index in [0.29, 0.717) is 22.8 Å². The molecule has 0 atom stereocenters. The van der Waals surface area contributed by atoms with Crippen LogP contribution in [0.2, 0.25) is 0 Å². The first-order valence-corrected chi connectivity index (χ1v) is 9.14. The number of nitrogens with zero attached hydrogens (tertiary/aromatic N) is 5. The van der Waals surface area contributed by atoms with Crippen LogP contribution in [-0.2, 0) is 13.0 Å². The predicted molar refractivity (Wildman–Crippen MR) is 98.9 cm³/mol. The van der Waals surface area contributed by atoms with Crippen molar-refractivity contribution in [3.05, 3.63) is 46.9 Å². The van der Waals surface area contributed by atoms with Gasteiger partial charge in [-0.3, -0.25) is 4.79 Å². The molecule has 0 amide bonds. The minimum atomic E-state index is -0.309. The van der Waals surface area contributed by atoms with Crippen molar-refractivity contribution in [2.24, 2.45) is 0 Å². The highest BCUT2D eigenvalue weighted by molar-refractivity contribution is 5.92. The van der Waals surface area contributed by atoms with Crippen molar-refractivity contribution >= 4 is 6.29 Å². The van der Waals surface area contributed by atoms with Crippen molar-refractivity contribution < 1.29 is 9.18 Å². The summed E-state index contributed by atoms with van der Waals surface area (Å²) in [7, 11) is 0. The normalized spacial score (nSPS) is 13.6. The summed E-state index contributed by atoms with van der Waals surface area (Å²) >= 11 is 0. The van der Waals surface area contributed by atoms with Crippen LogP contribution in [0.3, 0.4) is 0 Å². The SMILES string of the molecule is CC(C)c1nc2c(c(-c3ccc(F)cc3)c1C=O)CCCCn1nnnc1-2. The van der Waals surface area contributed by atoms with E-state index >= 15 is 0 Å². The van der Waals surface area contributed by atoms with Crippen LogP contribution in [-0.4, -0.2) is 31.5 Å². The zero-order valence-corrected chi connectivity index (χ0v) is 15.3. The third-order valence-corrected chi connectivity index (χ3v) is 4.95. The fourth-order valence-corrected chi connectivity index (χ4v) is 3.68. The molecule has 0 unspecified atom stereocenters. The highest BCUT2D eigenvalue weighted by Gasteiger charge is 2.26. The van der Waals surface area contributed by atoms with E-state index in [1.54, 1.807) is 16.8 Å². The summed E-state index contributed by atoms with van der Waals surface area (Å²) in [4.78, 5) is 16.9. The van der Waals surface area contributed by atoms with Crippen molar-refractivity contribution in [2.45, 2.75) is 45.6 Å². The number of halogens is 1. The second kappa shape index (κ2) is 6.98. The van der Waals surface area contributed by atoms with Gasteiger partial charge in [-0.25, -0.2) is 14.1 Å². The number of hydrogen-bond acceptors (Lipinski definition) is 5. The molecule has 2 aromatic heterocycles. The Bertz CT molecular complexity index is 994. The van der Waals surface area contributed by atoms with E-state index in [4.69, 9.17) is 4.98 Å². The van der Waals surface area contributed by atoms with Crippen LogP contribution in [0.25, 0.3) is 22.6 Å². The summed E-state index contributed by atoms with van der Waals surface area (Å²) in [5.41, 5.74) is 4.55. The van der Waals surface area contributed by atoms with Gasteiger partial charge in [-0.1, -0.05) is 26.0 Å². The molecule has 6 nitrogen and oxygen atoms in total. The molecule has 7 heteroatoms. The quantitative estimate of drug-likeness (QED) is 0.660. The monoisotopic (exact) mass is 365 g/mol. The van der Waals surface area contributed by atoms with Crippen LogP contribution in [0.5, 0.6) is 0 Å². The molecule has 0 radical (unpaired) electrons. The van der Waals surface area contributed by atoms with Crippen LogP contribution in [0.15, 0.2) is 24.3 Å². The molecular weight excluding hydrogens is 345 g/mol. The number of rotatable bonds is 3. The lowest BCUT2D eigenvalue weighted by Crippen LogP contribution is -2.14. The molecule has 27 heavy (non-hydrogen) atoms. The van der Waals surface area contributed by atoms with Gasteiger partial charge in [-0.05, 0) is 64.4 Å². The van der Waals surface area contributed by atoms with Gasteiger partial charge in [0.1, 0.15) is 11.5 Å². The molecule has 0 fully saturated rings. The average molecular weight is 365 g/mol. The number of aryl methyl sites for hydroxylation is 1. The lowest BCUT2D eigenvalue weighted by molar-refractivity contribution is 0.112. The van der Waals surface area contributed by atoms with Gasteiger partial charge in [-0.2, -0.15) is 0 Å². The van der Waals surface area contributed by atoms with Gasteiger partial charge in [0, 0.05) is 12.1 Å². The first-order chi connectivity index (χ1) is 13.1. The first-order valence-electron chi connectivity index (χ1n) is 9.14. The minimum absolute atomic E-state index is 0.0458. The van der Waals surface area contributed by atoms with Crippen molar-refractivity contribution in [2.75, 3.05) is 0 Å². The van der Waals surface area contributed by atoms with Crippen LogP contribution in [0, 0.1) is 5.82 Å². The van der Waals surface area contributed by atoms with Crippen LogP contribution in [0.1, 0.15) is 54.2 Å². The Morgan fingerprint density at radius 3 is 2.67 bits per heavy atom. The van der Waals surface area contributed by atoms with Crippen molar-refractivity contribution in [1.82, 2.24) is 25.2 Å². The topological polar surface area (TPSA) is 73.6 Å². The molecule has 0 saturated heterocycles. The summed E-state index contributed by atoms with van der Waals surface area (Å²) in [6, 6.07) is 6.26. The van der Waals surface area contributed by atoms with Crippen molar-refractivity contribution in [3.63, 3.8) is 0 Å². The lowest BCUT2D eigenvalue weighted by Gasteiger charge is -2.22. The number of tetrazole rings is 1. The molecule has 3 aromatic rings. The summed E-state index contributed by atoms with van der Waals surface area (Å²) < 4.78 is 15.3. The van der Waals surface area contributed by atoms with E-state index in [9.17, 15) is 9.18 Å².